The lowest BCUT2D eigenvalue weighted by Gasteiger charge is -2.07. The highest BCUT2D eigenvalue weighted by Gasteiger charge is 2.02. The molecule has 5 nitrogen and oxygen atoms in total. The summed E-state index contributed by atoms with van der Waals surface area (Å²) in [5.74, 6) is -0.113. The van der Waals surface area contributed by atoms with Crippen LogP contribution in [0.25, 0.3) is 0 Å². The van der Waals surface area contributed by atoms with Crippen LogP contribution in [0, 0.1) is 0 Å². The van der Waals surface area contributed by atoms with Crippen LogP contribution in [0.4, 0.5) is 0 Å². The Labute approximate surface area is 154 Å². The van der Waals surface area contributed by atoms with Crippen LogP contribution >= 0.6 is 0 Å². The normalized spacial score (nSPS) is 11.0. The summed E-state index contributed by atoms with van der Waals surface area (Å²) in [4.78, 5) is 11.5. The van der Waals surface area contributed by atoms with Crippen molar-refractivity contribution in [2.24, 2.45) is 0 Å². The maximum absolute atomic E-state index is 11.5. The van der Waals surface area contributed by atoms with Crippen LogP contribution in [-0.4, -0.2) is 52.2 Å². The number of carbonyl (C=O) groups excluding carboxylic acids is 1. The molecule has 0 spiro atoms. The minimum Gasteiger partial charge on any atom is -0.466 e. The predicted octanol–water partition coefficient (Wildman–Crippen LogP) is 4.52. The van der Waals surface area contributed by atoms with Crippen molar-refractivity contribution in [3.8, 4) is 0 Å². The van der Waals surface area contributed by atoms with Gasteiger partial charge in [-0.15, -0.1) is 0 Å². The SMILES string of the molecule is CCCCCCCCOC(=O)CCCOCCOCCOCCCC. The van der Waals surface area contributed by atoms with Gasteiger partial charge in [0.2, 0.25) is 0 Å². The molecule has 0 bridgehead atoms. The van der Waals surface area contributed by atoms with Crippen molar-refractivity contribution in [1.29, 1.82) is 0 Å². The molecule has 0 radical (unpaired) electrons. The van der Waals surface area contributed by atoms with Gasteiger partial charge < -0.3 is 18.9 Å². The largest absolute Gasteiger partial charge is 0.466 e. The maximum Gasteiger partial charge on any atom is 0.305 e. The number of esters is 1. The lowest BCUT2D eigenvalue weighted by atomic mass is 10.1. The van der Waals surface area contributed by atoms with Gasteiger partial charge >= 0.3 is 5.97 Å². The van der Waals surface area contributed by atoms with E-state index in [1.807, 2.05) is 0 Å². The van der Waals surface area contributed by atoms with E-state index in [4.69, 9.17) is 18.9 Å². The number of rotatable bonds is 20. The van der Waals surface area contributed by atoms with Gasteiger partial charge in [-0.2, -0.15) is 0 Å². The monoisotopic (exact) mass is 360 g/mol. The highest BCUT2D eigenvalue weighted by atomic mass is 16.5. The zero-order valence-corrected chi connectivity index (χ0v) is 16.6. The molecule has 0 aromatic heterocycles. The van der Waals surface area contributed by atoms with Gasteiger partial charge in [-0.25, -0.2) is 0 Å². The third kappa shape index (κ3) is 21.3. The van der Waals surface area contributed by atoms with Crippen molar-refractivity contribution >= 4 is 5.97 Å². The molecule has 0 fully saturated rings. The van der Waals surface area contributed by atoms with Crippen LogP contribution in [0.1, 0.15) is 78.1 Å². The van der Waals surface area contributed by atoms with Crippen molar-refractivity contribution in [2.45, 2.75) is 78.1 Å². The Bertz CT molecular complexity index is 271. The van der Waals surface area contributed by atoms with E-state index in [2.05, 4.69) is 13.8 Å². The molecular formula is C20H40O5. The molecule has 0 saturated carbocycles. The molecule has 0 aliphatic carbocycles. The summed E-state index contributed by atoms with van der Waals surface area (Å²) < 4.78 is 21.4. The summed E-state index contributed by atoms with van der Waals surface area (Å²) in [6.07, 6.45) is 10.6. The Morgan fingerprint density at radius 3 is 1.72 bits per heavy atom. The Balaban J connectivity index is 3.12. The molecule has 0 rings (SSSR count). The van der Waals surface area contributed by atoms with Crippen molar-refractivity contribution in [2.75, 3.05) is 46.2 Å². The van der Waals surface area contributed by atoms with Gasteiger partial charge in [0.05, 0.1) is 33.0 Å². The maximum atomic E-state index is 11.5. The molecular weight excluding hydrogens is 320 g/mol. The highest BCUT2D eigenvalue weighted by molar-refractivity contribution is 5.69. The lowest BCUT2D eigenvalue weighted by Crippen LogP contribution is -2.11. The molecule has 150 valence electrons. The minimum absolute atomic E-state index is 0.113. The zero-order chi connectivity index (χ0) is 18.4. The van der Waals surface area contributed by atoms with Crippen LogP contribution in [-0.2, 0) is 23.7 Å². The van der Waals surface area contributed by atoms with Gasteiger partial charge in [0.15, 0.2) is 0 Å². The molecule has 0 saturated heterocycles. The number of ether oxygens (including phenoxy) is 4. The smallest absolute Gasteiger partial charge is 0.305 e. The third-order valence-corrected chi connectivity index (χ3v) is 3.82. The van der Waals surface area contributed by atoms with Crippen LogP contribution in [0.5, 0.6) is 0 Å². The molecule has 0 aliphatic heterocycles. The second-order valence-electron chi connectivity index (χ2n) is 6.28. The third-order valence-electron chi connectivity index (χ3n) is 3.82. The molecule has 0 aromatic carbocycles. The summed E-state index contributed by atoms with van der Waals surface area (Å²) in [5, 5.41) is 0. The minimum atomic E-state index is -0.113. The Hall–Kier alpha value is -0.650. The highest BCUT2D eigenvalue weighted by Crippen LogP contribution is 2.05. The van der Waals surface area contributed by atoms with Crippen molar-refractivity contribution in [3.63, 3.8) is 0 Å². The van der Waals surface area contributed by atoms with Gasteiger partial charge in [0, 0.05) is 19.6 Å². The average molecular weight is 361 g/mol. The summed E-state index contributed by atoms with van der Waals surface area (Å²) in [5.41, 5.74) is 0. The fourth-order valence-electron chi connectivity index (χ4n) is 2.25. The van der Waals surface area contributed by atoms with Crippen LogP contribution in [0.3, 0.4) is 0 Å². The van der Waals surface area contributed by atoms with Crippen LogP contribution in [0.2, 0.25) is 0 Å². The van der Waals surface area contributed by atoms with Crippen LogP contribution in [0.15, 0.2) is 0 Å². The molecule has 0 atom stereocenters. The molecule has 0 N–H and O–H groups in total. The van der Waals surface area contributed by atoms with E-state index in [-0.39, 0.29) is 5.97 Å². The zero-order valence-electron chi connectivity index (χ0n) is 16.6. The summed E-state index contributed by atoms with van der Waals surface area (Å²) in [6, 6.07) is 0. The molecule has 0 unspecified atom stereocenters. The van der Waals surface area contributed by atoms with Crippen molar-refractivity contribution in [3.05, 3.63) is 0 Å². The number of unbranched alkanes of at least 4 members (excludes halogenated alkanes) is 6. The fraction of sp³-hybridized carbons (Fsp3) is 0.950. The fourth-order valence-corrected chi connectivity index (χ4v) is 2.25. The second-order valence-corrected chi connectivity index (χ2v) is 6.28. The Kier molecular flexibility index (Phi) is 20.8. The van der Waals surface area contributed by atoms with Crippen LogP contribution < -0.4 is 0 Å². The van der Waals surface area contributed by atoms with E-state index in [9.17, 15) is 4.79 Å². The molecule has 0 heterocycles. The van der Waals surface area contributed by atoms with Gasteiger partial charge in [-0.05, 0) is 19.3 Å². The molecule has 0 amide bonds. The average Bonchev–Trinajstić information content (AvgIpc) is 2.62. The first-order chi connectivity index (χ1) is 12.3. The topological polar surface area (TPSA) is 54.0 Å². The van der Waals surface area contributed by atoms with E-state index in [1.54, 1.807) is 0 Å². The molecule has 5 heteroatoms. The van der Waals surface area contributed by atoms with Gasteiger partial charge in [-0.1, -0.05) is 52.4 Å². The Morgan fingerprint density at radius 2 is 1.08 bits per heavy atom. The Morgan fingerprint density at radius 1 is 0.560 bits per heavy atom. The van der Waals surface area contributed by atoms with E-state index >= 15 is 0 Å². The first-order valence-corrected chi connectivity index (χ1v) is 10.2. The van der Waals surface area contributed by atoms with Crippen molar-refractivity contribution < 1.29 is 23.7 Å². The molecule has 0 aliphatic rings. The van der Waals surface area contributed by atoms with Gasteiger partial charge in [0.1, 0.15) is 0 Å². The van der Waals surface area contributed by atoms with E-state index in [0.29, 0.717) is 52.5 Å². The first-order valence-electron chi connectivity index (χ1n) is 10.2. The molecule has 25 heavy (non-hydrogen) atoms. The van der Waals surface area contributed by atoms with Gasteiger partial charge in [-0.3, -0.25) is 4.79 Å². The van der Waals surface area contributed by atoms with Crippen molar-refractivity contribution in [1.82, 2.24) is 0 Å². The second kappa shape index (κ2) is 21.4. The number of hydrogen-bond donors (Lipinski definition) is 0. The first kappa shape index (κ1) is 24.4. The van der Waals surface area contributed by atoms with Gasteiger partial charge in [0.25, 0.3) is 0 Å². The predicted molar refractivity (Wildman–Crippen MR) is 101 cm³/mol. The lowest BCUT2D eigenvalue weighted by molar-refractivity contribution is -0.144. The summed E-state index contributed by atoms with van der Waals surface area (Å²) in [6.45, 7) is 8.67. The molecule has 0 aromatic rings. The van der Waals surface area contributed by atoms with E-state index in [1.165, 1.54) is 25.7 Å². The quantitative estimate of drug-likeness (QED) is 0.236. The summed E-state index contributed by atoms with van der Waals surface area (Å²) in [7, 11) is 0. The van der Waals surface area contributed by atoms with E-state index in [0.717, 1.165) is 32.3 Å². The number of hydrogen-bond acceptors (Lipinski definition) is 5. The number of carbonyl (C=O) groups is 1. The van der Waals surface area contributed by atoms with E-state index < -0.39 is 0 Å². The summed E-state index contributed by atoms with van der Waals surface area (Å²) >= 11 is 0. The standard InChI is InChI=1S/C20H40O5/c1-3-5-7-8-9-10-15-25-20(21)12-11-14-23-17-19-24-18-16-22-13-6-4-2/h3-19H2,1-2H3.